The van der Waals surface area contributed by atoms with Gasteiger partial charge in [-0.05, 0) is 23.8 Å². The molecule has 0 bridgehead atoms. The molecular weight excluding hydrogens is 257 g/mol. The van der Waals surface area contributed by atoms with E-state index >= 15 is 0 Å². The summed E-state index contributed by atoms with van der Waals surface area (Å²) in [5.74, 6) is -1.02. The van der Waals surface area contributed by atoms with E-state index in [0.717, 1.165) is 5.56 Å². The van der Waals surface area contributed by atoms with Gasteiger partial charge >= 0.3 is 0 Å². The lowest BCUT2D eigenvalue weighted by Gasteiger charge is -2.19. The number of carbonyl (C=O) groups is 1. The Kier molecular flexibility index (Phi) is 2.92. The largest absolute Gasteiger partial charge is 0.314 e. The molecule has 1 unspecified atom stereocenters. The van der Waals surface area contributed by atoms with Gasteiger partial charge in [0.25, 0.3) is 5.91 Å². The minimum atomic E-state index is -0.749. The van der Waals surface area contributed by atoms with Crippen molar-refractivity contribution in [1.82, 2.24) is 9.88 Å². The van der Waals surface area contributed by atoms with E-state index in [0.29, 0.717) is 5.56 Å². The molecule has 1 aromatic carbocycles. The van der Waals surface area contributed by atoms with Crippen LogP contribution in [-0.4, -0.2) is 15.8 Å². The molecule has 1 aliphatic heterocycles. The number of nitrogens with zero attached hydrogens (tertiary/aromatic N) is 3. The molecule has 0 radical (unpaired) electrons. The van der Waals surface area contributed by atoms with Gasteiger partial charge in [0.15, 0.2) is 0 Å². The zero-order chi connectivity index (χ0) is 14.1. The van der Waals surface area contributed by atoms with Crippen LogP contribution >= 0.6 is 0 Å². The molecule has 20 heavy (non-hydrogen) atoms. The summed E-state index contributed by atoms with van der Waals surface area (Å²) < 4.78 is 13.8. The highest BCUT2D eigenvalue weighted by molar-refractivity contribution is 5.99. The first-order valence-corrected chi connectivity index (χ1v) is 6.10. The van der Waals surface area contributed by atoms with Gasteiger partial charge in [-0.15, -0.1) is 0 Å². The average molecular weight is 267 g/mol. The fourth-order valence-electron chi connectivity index (χ4n) is 2.41. The van der Waals surface area contributed by atoms with Gasteiger partial charge in [-0.25, -0.2) is 4.39 Å². The zero-order valence-electron chi connectivity index (χ0n) is 10.5. The smallest absolute Gasteiger partial charge is 0.258 e. The second-order valence-corrected chi connectivity index (χ2v) is 4.52. The second-order valence-electron chi connectivity index (χ2n) is 4.52. The van der Waals surface area contributed by atoms with Crippen molar-refractivity contribution in [2.45, 2.75) is 12.6 Å². The molecule has 0 N–H and O–H groups in total. The molecule has 1 aliphatic rings. The van der Waals surface area contributed by atoms with Gasteiger partial charge in [-0.2, -0.15) is 5.26 Å². The third-order valence-corrected chi connectivity index (χ3v) is 3.35. The van der Waals surface area contributed by atoms with Crippen molar-refractivity contribution >= 4 is 5.91 Å². The standard InChI is InChI=1S/C15H10FN3O/c16-12-3-1-2-11-13(8-17)19(15(20)14(11)12)9-10-4-6-18-7-5-10/h1-7,13H,9H2. The quantitative estimate of drug-likeness (QED) is 0.839. The van der Waals surface area contributed by atoms with Gasteiger partial charge in [0.1, 0.15) is 11.9 Å². The SMILES string of the molecule is N#CC1c2cccc(F)c2C(=O)N1Cc1ccncc1. The normalized spacial score (nSPS) is 16.9. The topological polar surface area (TPSA) is 57.0 Å². The summed E-state index contributed by atoms with van der Waals surface area (Å²) in [6.07, 6.45) is 3.23. The average Bonchev–Trinajstić information content (AvgIpc) is 2.74. The minimum Gasteiger partial charge on any atom is -0.314 e. The number of aromatic nitrogens is 1. The van der Waals surface area contributed by atoms with Crippen LogP contribution in [0.15, 0.2) is 42.7 Å². The maximum atomic E-state index is 13.8. The van der Waals surface area contributed by atoms with Crippen LogP contribution in [0.25, 0.3) is 0 Å². The van der Waals surface area contributed by atoms with Gasteiger partial charge < -0.3 is 4.90 Å². The molecule has 1 atom stereocenters. The molecule has 1 amide bonds. The van der Waals surface area contributed by atoms with Crippen LogP contribution in [0.2, 0.25) is 0 Å². The molecule has 0 saturated carbocycles. The first-order chi connectivity index (χ1) is 9.72. The number of benzene rings is 1. The Morgan fingerprint density at radius 1 is 1.30 bits per heavy atom. The number of fused-ring (bicyclic) bond motifs is 1. The van der Waals surface area contributed by atoms with Crippen molar-refractivity contribution in [3.8, 4) is 6.07 Å². The summed E-state index contributed by atoms with van der Waals surface area (Å²) in [5, 5.41) is 9.29. The summed E-state index contributed by atoms with van der Waals surface area (Å²) in [4.78, 5) is 17.6. The molecule has 3 rings (SSSR count). The van der Waals surface area contributed by atoms with E-state index in [1.165, 1.54) is 17.0 Å². The highest BCUT2D eigenvalue weighted by Gasteiger charge is 2.38. The van der Waals surface area contributed by atoms with E-state index in [9.17, 15) is 14.4 Å². The maximum absolute atomic E-state index is 13.8. The van der Waals surface area contributed by atoms with E-state index in [4.69, 9.17) is 0 Å². The predicted octanol–water partition coefficient (Wildman–Crippen LogP) is 2.44. The van der Waals surface area contributed by atoms with Crippen LogP contribution in [-0.2, 0) is 6.54 Å². The fraction of sp³-hybridized carbons (Fsp3) is 0.133. The number of hydrogen-bond donors (Lipinski definition) is 0. The molecule has 1 aromatic heterocycles. The Labute approximate surface area is 115 Å². The van der Waals surface area contributed by atoms with Crippen molar-refractivity contribution in [2.75, 3.05) is 0 Å². The summed E-state index contributed by atoms with van der Waals surface area (Å²) in [6, 6.07) is 9.23. The lowest BCUT2D eigenvalue weighted by Crippen LogP contribution is -2.27. The molecule has 5 heteroatoms. The monoisotopic (exact) mass is 267 g/mol. The van der Waals surface area contributed by atoms with Crippen LogP contribution in [0.3, 0.4) is 0 Å². The van der Waals surface area contributed by atoms with Crippen molar-refractivity contribution in [1.29, 1.82) is 5.26 Å². The lowest BCUT2D eigenvalue weighted by molar-refractivity contribution is 0.0741. The predicted molar refractivity (Wildman–Crippen MR) is 68.9 cm³/mol. The Morgan fingerprint density at radius 3 is 2.75 bits per heavy atom. The summed E-state index contributed by atoms with van der Waals surface area (Å²) in [5.41, 5.74) is 1.29. The number of rotatable bonds is 2. The summed E-state index contributed by atoms with van der Waals surface area (Å²) in [6.45, 7) is 0.258. The van der Waals surface area contributed by atoms with Gasteiger partial charge in [0, 0.05) is 24.5 Å². The first-order valence-electron chi connectivity index (χ1n) is 6.10. The van der Waals surface area contributed by atoms with Crippen molar-refractivity contribution in [3.63, 3.8) is 0 Å². The Balaban J connectivity index is 2.01. The molecule has 0 spiro atoms. The van der Waals surface area contributed by atoms with Gasteiger partial charge in [0.05, 0.1) is 11.6 Å². The highest BCUT2D eigenvalue weighted by Crippen LogP contribution is 2.35. The number of carbonyl (C=O) groups excluding carboxylic acids is 1. The van der Waals surface area contributed by atoms with Crippen LogP contribution in [0.1, 0.15) is 27.5 Å². The number of hydrogen-bond acceptors (Lipinski definition) is 3. The lowest BCUT2D eigenvalue weighted by atomic mass is 10.1. The van der Waals surface area contributed by atoms with Crippen molar-refractivity contribution < 1.29 is 9.18 Å². The number of amides is 1. The van der Waals surface area contributed by atoms with E-state index < -0.39 is 17.8 Å². The molecule has 0 aliphatic carbocycles. The van der Waals surface area contributed by atoms with E-state index in [1.54, 1.807) is 30.6 Å². The van der Waals surface area contributed by atoms with Crippen molar-refractivity contribution in [3.05, 3.63) is 65.2 Å². The van der Waals surface area contributed by atoms with E-state index in [1.807, 2.05) is 0 Å². The number of pyridine rings is 1. The zero-order valence-corrected chi connectivity index (χ0v) is 10.5. The van der Waals surface area contributed by atoms with Gasteiger partial charge in [-0.1, -0.05) is 12.1 Å². The van der Waals surface area contributed by atoms with Crippen LogP contribution in [0.4, 0.5) is 4.39 Å². The van der Waals surface area contributed by atoms with Crippen molar-refractivity contribution in [2.24, 2.45) is 0 Å². The molecule has 4 nitrogen and oxygen atoms in total. The van der Waals surface area contributed by atoms with Crippen LogP contribution in [0.5, 0.6) is 0 Å². The van der Waals surface area contributed by atoms with Crippen LogP contribution < -0.4 is 0 Å². The Bertz CT molecular complexity index is 709. The third kappa shape index (κ3) is 1.82. The molecule has 0 saturated heterocycles. The van der Waals surface area contributed by atoms with Crippen LogP contribution in [0, 0.1) is 17.1 Å². The number of halogens is 1. The Hall–Kier alpha value is -2.74. The summed E-state index contributed by atoms with van der Waals surface area (Å²) >= 11 is 0. The molecular formula is C15H10FN3O. The first kappa shape index (κ1) is 12.3. The van der Waals surface area contributed by atoms with Gasteiger partial charge in [0.2, 0.25) is 0 Å². The highest BCUT2D eigenvalue weighted by atomic mass is 19.1. The second kappa shape index (κ2) is 4.74. The molecule has 98 valence electrons. The van der Waals surface area contributed by atoms with E-state index in [2.05, 4.69) is 11.1 Å². The molecule has 0 fully saturated rings. The molecule has 2 aromatic rings. The summed E-state index contributed by atoms with van der Waals surface area (Å²) in [7, 11) is 0. The molecule has 2 heterocycles. The minimum absolute atomic E-state index is 0.00751. The third-order valence-electron chi connectivity index (χ3n) is 3.35. The Morgan fingerprint density at radius 2 is 2.05 bits per heavy atom. The maximum Gasteiger partial charge on any atom is 0.258 e. The fourth-order valence-corrected chi connectivity index (χ4v) is 2.41. The number of nitriles is 1. The van der Waals surface area contributed by atoms with Gasteiger partial charge in [-0.3, -0.25) is 9.78 Å². The van der Waals surface area contributed by atoms with E-state index in [-0.39, 0.29) is 12.1 Å².